The van der Waals surface area contributed by atoms with Crippen molar-refractivity contribution in [3.05, 3.63) is 5.21 Å². The van der Waals surface area contributed by atoms with Crippen molar-refractivity contribution in [1.82, 2.24) is 0 Å². The van der Waals surface area contributed by atoms with Crippen LogP contribution in [0.2, 0.25) is 0 Å². The van der Waals surface area contributed by atoms with E-state index in [-0.39, 0.29) is 0 Å². The standard InChI is InChI=1S/C3H7NO/c1-3-2-4(3)5/h3-4H,2H2,1H3/t3-/m1/s1. The van der Waals surface area contributed by atoms with Crippen LogP contribution in [0.25, 0.3) is 0 Å². The van der Waals surface area contributed by atoms with E-state index in [9.17, 15) is 5.21 Å². The van der Waals surface area contributed by atoms with Crippen molar-refractivity contribution >= 4 is 0 Å². The third-order valence-corrected chi connectivity index (χ3v) is 0.897. The van der Waals surface area contributed by atoms with Crippen LogP contribution in [-0.2, 0) is 0 Å². The second kappa shape index (κ2) is 0.698. The first kappa shape index (κ1) is 3.12. The smallest absolute Gasteiger partial charge is 0.134 e. The van der Waals surface area contributed by atoms with Gasteiger partial charge in [-0.3, -0.25) is 0 Å². The molecule has 30 valence electrons. The Labute approximate surface area is 31.0 Å². The number of hydrogen-bond acceptors (Lipinski definition) is 1. The molecule has 1 aliphatic heterocycles. The quantitative estimate of drug-likeness (QED) is 0.282. The predicted octanol–water partition coefficient (Wildman–Crippen LogP) is -1.23. The number of hydrogen-bond donors (Lipinski definition) is 1. The number of nitrogens with one attached hydrogen (secondary N) is 1. The molecule has 0 aromatic carbocycles. The number of hydroxylamine groups is 2. The summed E-state index contributed by atoms with van der Waals surface area (Å²) in [7, 11) is 0. The zero-order chi connectivity index (χ0) is 3.86. The number of quaternary nitrogens is 1. The topological polar surface area (TPSA) is 27.5 Å². The molecule has 5 heavy (non-hydrogen) atoms. The molecule has 1 rings (SSSR count). The molecule has 1 unspecified atom stereocenters. The summed E-state index contributed by atoms with van der Waals surface area (Å²) in [6.45, 7) is 2.78. The molecule has 1 saturated heterocycles. The lowest BCUT2D eigenvalue weighted by Gasteiger charge is -1.90. The molecule has 1 aliphatic rings. The van der Waals surface area contributed by atoms with E-state index in [2.05, 4.69) is 0 Å². The zero-order valence-corrected chi connectivity index (χ0v) is 3.19. The van der Waals surface area contributed by atoms with E-state index >= 15 is 0 Å². The van der Waals surface area contributed by atoms with Crippen LogP contribution in [0.1, 0.15) is 6.92 Å². The maximum Gasteiger partial charge on any atom is 0.134 e. The van der Waals surface area contributed by atoms with Gasteiger partial charge in [-0.25, -0.2) is 0 Å². The minimum atomic E-state index is 0.412. The second-order valence-electron chi connectivity index (χ2n) is 1.57. The summed E-state index contributed by atoms with van der Waals surface area (Å²) in [4.78, 5) is 0. The van der Waals surface area contributed by atoms with E-state index in [1.54, 1.807) is 0 Å². The fraction of sp³-hybridized carbons (Fsp3) is 1.00. The molecule has 2 atom stereocenters. The van der Waals surface area contributed by atoms with Gasteiger partial charge in [0.1, 0.15) is 12.6 Å². The van der Waals surface area contributed by atoms with Gasteiger partial charge in [-0.05, 0) is 6.92 Å². The first-order valence-electron chi connectivity index (χ1n) is 1.83. The molecule has 0 spiro atoms. The van der Waals surface area contributed by atoms with E-state index in [4.69, 9.17) is 0 Å². The summed E-state index contributed by atoms with van der Waals surface area (Å²) >= 11 is 0. The summed E-state index contributed by atoms with van der Waals surface area (Å²) < 4.78 is 0. The van der Waals surface area contributed by atoms with Gasteiger partial charge >= 0.3 is 0 Å². The highest BCUT2D eigenvalue weighted by molar-refractivity contribution is 4.55. The lowest BCUT2D eigenvalue weighted by atomic mass is 10.6. The largest absolute Gasteiger partial charge is 0.634 e. The van der Waals surface area contributed by atoms with Gasteiger partial charge in [-0.15, -0.1) is 0 Å². The molecule has 0 aromatic rings. The van der Waals surface area contributed by atoms with Crippen LogP contribution in [0.3, 0.4) is 0 Å². The maximum absolute atomic E-state index is 9.89. The Balaban J connectivity index is 2.20. The maximum atomic E-state index is 9.89. The molecule has 1 heterocycles. The highest BCUT2D eigenvalue weighted by Crippen LogP contribution is 1.77. The van der Waals surface area contributed by atoms with Crippen LogP contribution < -0.4 is 5.06 Å². The molecule has 2 nitrogen and oxygen atoms in total. The molecular formula is C3H7NO. The van der Waals surface area contributed by atoms with E-state index in [0.717, 1.165) is 6.54 Å². The lowest BCUT2D eigenvalue weighted by molar-refractivity contribution is -0.712. The fourth-order valence-corrected chi connectivity index (χ4v) is 0.243. The molecule has 1 fully saturated rings. The summed E-state index contributed by atoms with van der Waals surface area (Å²) in [5.74, 6) is 0. The van der Waals surface area contributed by atoms with Gasteiger partial charge in [0.05, 0.1) is 0 Å². The van der Waals surface area contributed by atoms with E-state index < -0.39 is 0 Å². The van der Waals surface area contributed by atoms with Crippen molar-refractivity contribution in [2.75, 3.05) is 6.54 Å². The van der Waals surface area contributed by atoms with Crippen LogP contribution in [0.15, 0.2) is 0 Å². The molecule has 0 aliphatic carbocycles. The minimum absolute atomic E-state index is 0.412. The average Bonchev–Trinajstić information content (AvgIpc) is 1.79. The van der Waals surface area contributed by atoms with Gasteiger partial charge in [0.15, 0.2) is 0 Å². The van der Waals surface area contributed by atoms with Crippen molar-refractivity contribution in [3.8, 4) is 0 Å². The van der Waals surface area contributed by atoms with Gasteiger partial charge in [0.2, 0.25) is 0 Å². The van der Waals surface area contributed by atoms with Crippen LogP contribution >= 0.6 is 0 Å². The summed E-state index contributed by atoms with van der Waals surface area (Å²) in [6.07, 6.45) is 0. The van der Waals surface area contributed by atoms with Crippen LogP contribution in [0.4, 0.5) is 0 Å². The van der Waals surface area contributed by atoms with Crippen LogP contribution in [0.5, 0.6) is 0 Å². The first-order valence-corrected chi connectivity index (χ1v) is 1.83. The summed E-state index contributed by atoms with van der Waals surface area (Å²) in [5, 5.41) is 10.3. The Morgan fingerprint density at radius 2 is 2.20 bits per heavy atom. The molecule has 0 bridgehead atoms. The van der Waals surface area contributed by atoms with Gasteiger partial charge in [-0.2, -0.15) is 0 Å². The SMILES string of the molecule is C[C@@H]1C[NH+]1[O-]. The normalized spacial score (nSPS) is 49.2. The lowest BCUT2D eigenvalue weighted by Crippen LogP contribution is -2.87. The third kappa shape index (κ3) is 0.412. The Morgan fingerprint density at radius 1 is 2.00 bits per heavy atom. The second-order valence-corrected chi connectivity index (χ2v) is 1.57. The van der Waals surface area contributed by atoms with Crippen molar-refractivity contribution in [1.29, 1.82) is 0 Å². The van der Waals surface area contributed by atoms with Crippen molar-refractivity contribution < 1.29 is 5.06 Å². The molecule has 2 heteroatoms. The fourth-order valence-electron chi connectivity index (χ4n) is 0.243. The van der Waals surface area contributed by atoms with E-state index in [0.29, 0.717) is 11.1 Å². The highest BCUT2D eigenvalue weighted by atomic mass is 16.5. The third-order valence-electron chi connectivity index (χ3n) is 0.897. The molecular weight excluding hydrogens is 66.0 g/mol. The van der Waals surface area contributed by atoms with Gasteiger partial charge < -0.3 is 10.3 Å². The number of rotatable bonds is 0. The highest BCUT2D eigenvalue weighted by Gasteiger charge is 2.25. The van der Waals surface area contributed by atoms with Gasteiger partial charge in [0.25, 0.3) is 0 Å². The first-order chi connectivity index (χ1) is 2.30. The minimum Gasteiger partial charge on any atom is -0.634 e. The molecule has 1 N–H and O–H groups in total. The Kier molecular flexibility index (Phi) is 0.436. The molecule has 0 aromatic heterocycles. The monoisotopic (exact) mass is 73.1 g/mol. The Morgan fingerprint density at radius 3 is 2.20 bits per heavy atom. The van der Waals surface area contributed by atoms with E-state index in [1.807, 2.05) is 6.92 Å². The van der Waals surface area contributed by atoms with E-state index in [1.165, 1.54) is 0 Å². The van der Waals surface area contributed by atoms with Gasteiger partial charge in [0, 0.05) is 0 Å². The Bertz CT molecular complexity index is 40.2. The van der Waals surface area contributed by atoms with Crippen LogP contribution in [-0.4, -0.2) is 12.6 Å². The van der Waals surface area contributed by atoms with Crippen molar-refractivity contribution in [3.63, 3.8) is 0 Å². The summed E-state index contributed by atoms with van der Waals surface area (Å²) in [5.41, 5.74) is 0. The Hall–Kier alpha value is -0.0800. The predicted molar refractivity (Wildman–Crippen MR) is 18.7 cm³/mol. The average molecular weight is 73.1 g/mol. The molecule has 0 saturated carbocycles. The zero-order valence-electron chi connectivity index (χ0n) is 3.19. The van der Waals surface area contributed by atoms with Crippen LogP contribution in [0, 0.1) is 5.21 Å². The van der Waals surface area contributed by atoms with Crippen molar-refractivity contribution in [2.24, 2.45) is 0 Å². The summed E-state index contributed by atoms with van der Waals surface area (Å²) in [6, 6.07) is 0.412. The molecule has 0 amide bonds. The van der Waals surface area contributed by atoms with Crippen molar-refractivity contribution in [2.45, 2.75) is 13.0 Å². The van der Waals surface area contributed by atoms with Gasteiger partial charge in [-0.1, -0.05) is 0 Å². The molecule has 0 radical (unpaired) electrons.